The molecule has 0 spiro atoms. The Bertz CT molecular complexity index is 1110. The normalized spacial score (nSPS) is 22.6. The number of fused-ring (bicyclic) bond motifs is 4. The molecule has 4 heterocycles. The number of amides is 2. The van der Waals surface area contributed by atoms with Gasteiger partial charge in [0.05, 0.1) is 6.54 Å². The van der Waals surface area contributed by atoms with Crippen LogP contribution in [0.2, 0.25) is 0 Å². The fraction of sp³-hybridized carbons (Fsp3) is 0.409. The van der Waals surface area contributed by atoms with Crippen LogP contribution in [-0.4, -0.2) is 56.6 Å². The maximum absolute atomic E-state index is 13.1. The number of benzene rings is 1. The van der Waals surface area contributed by atoms with Crippen LogP contribution in [-0.2, 0) is 13.1 Å². The molecule has 1 aromatic carbocycles. The first-order valence-electron chi connectivity index (χ1n) is 10.5. The van der Waals surface area contributed by atoms with E-state index in [4.69, 9.17) is 0 Å². The smallest absolute Gasteiger partial charge is 0.275 e. The first-order valence-corrected chi connectivity index (χ1v) is 10.5. The summed E-state index contributed by atoms with van der Waals surface area (Å²) in [5, 5.41) is 13.1. The first-order chi connectivity index (χ1) is 14.9. The van der Waals surface area contributed by atoms with Crippen LogP contribution in [0, 0.1) is 5.82 Å². The largest absolute Gasteiger partial charge is 0.503 e. The number of rotatable bonds is 3. The number of carbonyl (C=O) groups excluding carboxylic acids is 2. The number of aromatic hydroxyl groups is 1. The predicted octanol–water partition coefficient (Wildman–Crippen LogP) is 1.27. The molecular weight excluding hydrogens is 403 g/mol. The highest BCUT2D eigenvalue weighted by Crippen LogP contribution is 2.34. The van der Waals surface area contributed by atoms with Gasteiger partial charge in [-0.15, -0.1) is 0 Å². The van der Waals surface area contributed by atoms with Crippen molar-refractivity contribution in [3.05, 3.63) is 63.3 Å². The highest BCUT2D eigenvalue weighted by molar-refractivity contribution is 5.99. The van der Waals surface area contributed by atoms with Gasteiger partial charge in [0.2, 0.25) is 5.43 Å². The third kappa shape index (κ3) is 3.29. The molecule has 2 saturated heterocycles. The van der Waals surface area contributed by atoms with Crippen molar-refractivity contribution in [2.75, 3.05) is 13.1 Å². The lowest BCUT2D eigenvalue weighted by molar-refractivity contribution is -0.0211. The van der Waals surface area contributed by atoms with Crippen LogP contribution in [0.5, 0.6) is 5.75 Å². The average Bonchev–Trinajstić information content (AvgIpc) is 3.25. The quantitative estimate of drug-likeness (QED) is 0.771. The standard InChI is InChI=1S/C22H23FN4O4/c23-14-5-3-13(4-6-14)10-24-21(30)16-11-25-12-17-26-8-1-2-15(26)7-9-27(17)22(31)18(25)20(29)19(16)28/h3-6,11,15,17,29H,1-2,7-10,12H2,(H,24,30). The van der Waals surface area contributed by atoms with Crippen molar-refractivity contribution in [3.8, 4) is 5.75 Å². The molecule has 9 heteroatoms. The van der Waals surface area contributed by atoms with E-state index in [2.05, 4.69) is 10.2 Å². The Morgan fingerprint density at radius 1 is 1.16 bits per heavy atom. The van der Waals surface area contributed by atoms with Gasteiger partial charge in [0.15, 0.2) is 11.4 Å². The molecule has 3 aliphatic rings. The van der Waals surface area contributed by atoms with E-state index in [0.29, 0.717) is 24.7 Å². The molecule has 2 atom stereocenters. The van der Waals surface area contributed by atoms with E-state index in [-0.39, 0.29) is 35.7 Å². The monoisotopic (exact) mass is 426 g/mol. The first kappa shape index (κ1) is 19.7. The summed E-state index contributed by atoms with van der Waals surface area (Å²) in [4.78, 5) is 42.5. The van der Waals surface area contributed by atoms with Crippen LogP contribution in [0.25, 0.3) is 0 Å². The Kier molecular flexibility index (Phi) is 4.77. The van der Waals surface area contributed by atoms with Crippen molar-refractivity contribution < 1.29 is 19.1 Å². The summed E-state index contributed by atoms with van der Waals surface area (Å²) in [6.45, 7) is 2.00. The van der Waals surface area contributed by atoms with Crippen molar-refractivity contribution in [1.29, 1.82) is 0 Å². The van der Waals surface area contributed by atoms with E-state index in [9.17, 15) is 23.9 Å². The Morgan fingerprint density at radius 2 is 1.94 bits per heavy atom. The maximum atomic E-state index is 13.1. The molecular formula is C22H23FN4O4. The van der Waals surface area contributed by atoms with Crippen LogP contribution in [0.3, 0.4) is 0 Å². The van der Waals surface area contributed by atoms with E-state index in [1.807, 2.05) is 0 Å². The topological polar surface area (TPSA) is 94.9 Å². The Balaban J connectivity index is 1.43. The summed E-state index contributed by atoms with van der Waals surface area (Å²) in [5.74, 6) is -2.11. The lowest BCUT2D eigenvalue weighted by Crippen LogP contribution is -2.62. The molecule has 2 amide bonds. The van der Waals surface area contributed by atoms with Gasteiger partial charge in [0.1, 0.15) is 17.5 Å². The molecule has 2 fully saturated rings. The average molecular weight is 426 g/mol. The molecule has 0 bridgehead atoms. The molecule has 2 aromatic rings. The van der Waals surface area contributed by atoms with Gasteiger partial charge in [0, 0.05) is 31.9 Å². The Labute approximate surface area is 177 Å². The molecule has 31 heavy (non-hydrogen) atoms. The minimum Gasteiger partial charge on any atom is -0.503 e. The maximum Gasteiger partial charge on any atom is 0.275 e. The van der Waals surface area contributed by atoms with Crippen molar-refractivity contribution in [1.82, 2.24) is 19.7 Å². The van der Waals surface area contributed by atoms with Gasteiger partial charge in [-0.3, -0.25) is 19.3 Å². The highest BCUT2D eigenvalue weighted by atomic mass is 19.1. The number of aromatic nitrogens is 1. The number of carbonyl (C=O) groups is 2. The third-order valence-corrected chi connectivity index (χ3v) is 6.56. The van der Waals surface area contributed by atoms with Gasteiger partial charge in [-0.25, -0.2) is 4.39 Å². The molecule has 2 unspecified atom stereocenters. The number of halogens is 1. The van der Waals surface area contributed by atoms with E-state index in [1.54, 1.807) is 4.90 Å². The second-order valence-corrected chi connectivity index (χ2v) is 8.33. The van der Waals surface area contributed by atoms with E-state index < -0.39 is 17.1 Å². The predicted molar refractivity (Wildman–Crippen MR) is 109 cm³/mol. The molecule has 3 aliphatic heterocycles. The summed E-state index contributed by atoms with van der Waals surface area (Å²) in [6.07, 6.45) is 4.31. The molecule has 2 N–H and O–H groups in total. The number of hydrogen-bond donors (Lipinski definition) is 2. The number of nitrogens with zero attached hydrogens (tertiary/aromatic N) is 3. The zero-order valence-corrected chi connectivity index (χ0v) is 16.9. The number of hydrogen-bond acceptors (Lipinski definition) is 5. The van der Waals surface area contributed by atoms with Gasteiger partial charge in [-0.2, -0.15) is 0 Å². The Morgan fingerprint density at radius 3 is 2.71 bits per heavy atom. The number of pyridine rings is 1. The van der Waals surface area contributed by atoms with E-state index in [1.165, 1.54) is 35.0 Å². The van der Waals surface area contributed by atoms with Crippen LogP contribution in [0.4, 0.5) is 4.39 Å². The lowest BCUT2D eigenvalue weighted by Gasteiger charge is -2.48. The summed E-state index contributed by atoms with van der Waals surface area (Å²) in [7, 11) is 0. The van der Waals surface area contributed by atoms with Crippen molar-refractivity contribution in [2.24, 2.45) is 0 Å². The Hall–Kier alpha value is -3.20. The van der Waals surface area contributed by atoms with Crippen LogP contribution in [0.15, 0.2) is 35.3 Å². The summed E-state index contributed by atoms with van der Waals surface area (Å²) >= 11 is 0. The van der Waals surface area contributed by atoms with Gasteiger partial charge in [0.25, 0.3) is 11.8 Å². The summed E-state index contributed by atoms with van der Waals surface area (Å²) in [6, 6.07) is 6.09. The van der Waals surface area contributed by atoms with Crippen LogP contribution < -0.4 is 10.7 Å². The molecule has 1 aromatic heterocycles. The second kappa shape index (κ2) is 7.49. The zero-order valence-electron chi connectivity index (χ0n) is 16.9. The third-order valence-electron chi connectivity index (χ3n) is 6.56. The number of nitrogens with one attached hydrogen (secondary N) is 1. The lowest BCUT2D eigenvalue weighted by atomic mass is 10.0. The van der Waals surface area contributed by atoms with Crippen molar-refractivity contribution in [2.45, 2.75) is 44.6 Å². The van der Waals surface area contributed by atoms with Crippen molar-refractivity contribution in [3.63, 3.8) is 0 Å². The van der Waals surface area contributed by atoms with Gasteiger partial charge < -0.3 is 19.9 Å². The highest BCUT2D eigenvalue weighted by Gasteiger charge is 2.45. The molecule has 5 rings (SSSR count). The summed E-state index contributed by atoms with van der Waals surface area (Å²) in [5.41, 5.74) is -0.483. The van der Waals surface area contributed by atoms with Crippen LogP contribution in [0.1, 0.15) is 45.7 Å². The minimum absolute atomic E-state index is 0.0611. The van der Waals surface area contributed by atoms with E-state index in [0.717, 1.165) is 25.8 Å². The second-order valence-electron chi connectivity index (χ2n) is 8.33. The van der Waals surface area contributed by atoms with E-state index >= 15 is 0 Å². The molecule has 0 aliphatic carbocycles. The SMILES string of the molecule is O=C(NCc1ccc(F)cc1)c1cn2c(c(O)c1=O)C(=O)N1CCC3CCCN3C1C2. The zero-order chi connectivity index (χ0) is 21.7. The van der Waals surface area contributed by atoms with Gasteiger partial charge >= 0.3 is 0 Å². The molecule has 8 nitrogen and oxygen atoms in total. The minimum atomic E-state index is -0.870. The van der Waals surface area contributed by atoms with Gasteiger partial charge in [-0.05, 0) is 37.0 Å². The fourth-order valence-electron chi connectivity index (χ4n) is 4.99. The van der Waals surface area contributed by atoms with Crippen molar-refractivity contribution >= 4 is 11.8 Å². The molecule has 162 valence electrons. The molecule has 0 radical (unpaired) electrons. The summed E-state index contributed by atoms with van der Waals surface area (Å²) < 4.78 is 14.6. The van der Waals surface area contributed by atoms with Crippen LogP contribution >= 0.6 is 0 Å². The molecule has 0 saturated carbocycles. The van der Waals surface area contributed by atoms with Gasteiger partial charge in [-0.1, -0.05) is 12.1 Å². The fourth-order valence-corrected chi connectivity index (χ4v) is 4.99.